The Morgan fingerprint density at radius 3 is 3.12 bits per heavy atom. The summed E-state index contributed by atoms with van der Waals surface area (Å²) in [5.74, 6) is 0.334. The highest BCUT2D eigenvalue weighted by molar-refractivity contribution is 4.97. The van der Waals surface area contributed by atoms with Crippen molar-refractivity contribution in [2.45, 2.75) is 44.8 Å². The first kappa shape index (κ1) is 11.6. The Morgan fingerprint density at radius 1 is 1.69 bits per heavy atom. The number of aliphatic hydroxyl groups is 1. The molecule has 1 aromatic rings. The number of aromatic nitrogens is 2. The predicted octanol–water partition coefficient (Wildman–Crippen LogP) is 1.07. The number of hydrogen-bond acceptors (Lipinski definition) is 3. The molecule has 0 bridgehead atoms. The van der Waals surface area contributed by atoms with E-state index in [1.54, 1.807) is 0 Å². The van der Waals surface area contributed by atoms with Crippen LogP contribution in [0.4, 0.5) is 0 Å². The second-order valence-electron chi connectivity index (χ2n) is 4.88. The van der Waals surface area contributed by atoms with E-state index in [4.69, 9.17) is 5.73 Å². The molecule has 2 rings (SSSR count). The van der Waals surface area contributed by atoms with Crippen LogP contribution < -0.4 is 5.73 Å². The molecular formula is C12H21N3O. The number of rotatable bonds is 4. The van der Waals surface area contributed by atoms with Crippen LogP contribution in [0, 0.1) is 12.8 Å². The molecule has 1 aliphatic rings. The third kappa shape index (κ3) is 2.13. The minimum Gasteiger partial charge on any atom is -0.388 e. The standard InChI is InChI=1S/C12H21N3O/c1-10-4-7-14-15(10)8-5-11-3-2-6-12(11,16)9-13/h4,7,11,16H,2-3,5-6,8-9,13H2,1H3. The van der Waals surface area contributed by atoms with Crippen molar-refractivity contribution in [2.75, 3.05) is 6.54 Å². The van der Waals surface area contributed by atoms with Gasteiger partial charge in [-0.1, -0.05) is 6.42 Å². The topological polar surface area (TPSA) is 64.1 Å². The molecule has 0 aliphatic heterocycles. The summed E-state index contributed by atoms with van der Waals surface area (Å²) in [4.78, 5) is 0. The van der Waals surface area contributed by atoms with Crippen LogP contribution in [-0.2, 0) is 6.54 Å². The predicted molar refractivity (Wildman–Crippen MR) is 62.9 cm³/mol. The Balaban J connectivity index is 1.93. The normalized spacial score (nSPS) is 29.8. The van der Waals surface area contributed by atoms with Gasteiger partial charge in [0.25, 0.3) is 0 Å². The number of hydrogen-bond donors (Lipinski definition) is 2. The first-order valence-corrected chi connectivity index (χ1v) is 6.06. The van der Waals surface area contributed by atoms with Gasteiger partial charge in [-0.25, -0.2) is 0 Å². The molecule has 4 nitrogen and oxygen atoms in total. The minimum atomic E-state index is -0.624. The van der Waals surface area contributed by atoms with Gasteiger partial charge in [0.15, 0.2) is 0 Å². The average Bonchev–Trinajstić information content (AvgIpc) is 2.83. The molecule has 1 fully saturated rings. The Hall–Kier alpha value is -0.870. The molecule has 16 heavy (non-hydrogen) atoms. The Bertz CT molecular complexity index is 350. The fourth-order valence-corrected chi connectivity index (χ4v) is 2.72. The van der Waals surface area contributed by atoms with Crippen molar-refractivity contribution in [3.8, 4) is 0 Å². The van der Waals surface area contributed by atoms with Gasteiger partial charge in [0.05, 0.1) is 5.60 Å². The van der Waals surface area contributed by atoms with Crippen molar-refractivity contribution in [2.24, 2.45) is 11.7 Å². The fourth-order valence-electron chi connectivity index (χ4n) is 2.72. The molecule has 0 saturated heterocycles. The van der Waals surface area contributed by atoms with Gasteiger partial charge in [-0.3, -0.25) is 4.68 Å². The van der Waals surface area contributed by atoms with Gasteiger partial charge < -0.3 is 10.8 Å². The monoisotopic (exact) mass is 223 g/mol. The van der Waals surface area contributed by atoms with Gasteiger partial charge in [-0.15, -0.1) is 0 Å². The molecule has 1 heterocycles. The van der Waals surface area contributed by atoms with E-state index in [-0.39, 0.29) is 0 Å². The molecule has 1 saturated carbocycles. The number of aryl methyl sites for hydroxylation is 2. The lowest BCUT2D eigenvalue weighted by molar-refractivity contribution is 0.00623. The molecule has 1 aliphatic carbocycles. The molecule has 2 atom stereocenters. The van der Waals surface area contributed by atoms with Crippen molar-refractivity contribution >= 4 is 0 Å². The largest absolute Gasteiger partial charge is 0.388 e. The van der Waals surface area contributed by atoms with Crippen molar-refractivity contribution in [1.82, 2.24) is 9.78 Å². The summed E-state index contributed by atoms with van der Waals surface area (Å²) >= 11 is 0. The summed E-state index contributed by atoms with van der Waals surface area (Å²) in [6.07, 6.45) is 5.83. The summed E-state index contributed by atoms with van der Waals surface area (Å²) < 4.78 is 2.00. The fraction of sp³-hybridized carbons (Fsp3) is 0.750. The van der Waals surface area contributed by atoms with Gasteiger partial charge in [0.1, 0.15) is 0 Å². The maximum atomic E-state index is 10.3. The van der Waals surface area contributed by atoms with Gasteiger partial charge in [-0.05, 0) is 38.2 Å². The van der Waals surface area contributed by atoms with Crippen LogP contribution in [0.15, 0.2) is 12.3 Å². The lowest BCUT2D eigenvalue weighted by atomic mass is 9.88. The average molecular weight is 223 g/mol. The van der Waals surface area contributed by atoms with E-state index in [0.29, 0.717) is 12.5 Å². The van der Waals surface area contributed by atoms with Crippen LogP contribution >= 0.6 is 0 Å². The van der Waals surface area contributed by atoms with Crippen LogP contribution in [0.5, 0.6) is 0 Å². The lowest BCUT2D eigenvalue weighted by Gasteiger charge is -2.28. The summed E-state index contributed by atoms with van der Waals surface area (Å²) in [7, 11) is 0. The summed E-state index contributed by atoms with van der Waals surface area (Å²) in [5, 5.41) is 14.6. The molecule has 0 aromatic carbocycles. The van der Waals surface area contributed by atoms with Crippen LogP contribution in [0.3, 0.4) is 0 Å². The summed E-state index contributed by atoms with van der Waals surface area (Å²) in [6.45, 7) is 3.32. The van der Waals surface area contributed by atoms with E-state index in [9.17, 15) is 5.11 Å². The van der Waals surface area contributed by atoms with Crippen molar-refractivity contribution < 1.29 is 5.11 Å². The van der Waals surface area contributed by atoms with Crippen LogP contribution in [-0.4, -0.2) is 27.0 Å². The van der Waals surface area contributed by atoms with E-state index in [2.05, 4.69) is 12.0 Å². The smallest absolute Gasteiger partial charge is 0.0798 e. The molecule has 4 heteroatoms. The highest BCUT2D eigenvalue weighted by Crippen LogP contribution is 2.37. The first-order valence-electron chi connectivity index (χ1n) is 6.06. The minimum absolute atomic E-state index is 0.334. The highest BCUT2D eigenvalue weighted by atomic mass is 16.3. The van der Waals surface area contributed by atoms with Crippen molar-refractivity contribution in [3.63, 3.8) is 0 Å². The van der Waals surface area contributed by atoms with Gasteiger partial charge in [0.2, 0.25) is 0 Å². The molecule has 0 radical (unpaired) electrons. The first-order chi connectivity index (χ1) is 7.65. The zero-order valence-electron chi connectivity index (χ0n) is 9.89. The molecule has 2 unspecified atom stereocenters. The molecule has 3 N–H and O–H groups in total. The maximum absolute atomic E-state index is 10.3. The van der Waals surface area contributed by atoms with E-state index in [0.717, 1.165) is 32.2 Å². The van der Waals surface area contributed by atoms with Crippen LogP contribution in [0.2, 0.25) is 0 Å². The summed E-state index contributed by atoms with van der Waals surface area (Å²) in [6, 6.07) is 2.00. The second kappa shape index (κ2) is 4.55. The Labute approximate surface area is 96.5 Å². The Morgan fingerprint density at radius 2 is 2.50 bits per heavy atom. The van der Waals surface area contributed by atoms with E-state index in [1.807, 2.05) is 16.9 Å². The van der Waals surface area contributed by atoms with Gasteiger partial charge >= 0.3 is 0 Å². The third-order valence-corrected chi connectivity index (χ3v) is 3.89. The molecule has 0 amide bonds. The van der Waals surface area contributed by atoms with Crippen molar-refractivity contribution in [1.29, 1.82) is 0 Å². The van der Waals surface area contributed by atoms with Gasteiger partial charge in [-0.2, -0.15) is 5.10 Å². The quantitative estimate of drug-likeness (QED) is 0.802. The zero-order valence-corrected chi connectivity index (χ0v) is 9.89. The van der Waals surface area contributed by atoms with Crippen molar-refractivity contribution in [3.05, 3.63) is 18.0 Å². The third-order valence-electron chi connectivity index (χ3n) is 3.89. The highest BCUT2D eigenvalue weighted by Gasteiger charge is 2.39. The van der Waals surface area contributed by atoms with E-state index < -0.39 is 5.60 Å². The molecule has 0 spiro atoms. The Kier molecular flexibility index (Phi) is 3.30. The molecule has 1 aromatic heterocycles. The van der Waals surface area contributed by atoms with Crippen LogP contribution in [0.25, 0.3) is 0 Å². The lowest BCUT2D eigenvalue weighted by Crippen LogP contribution is -2.41. The van der Waals surface area contributed by atoms with E-state index >= 15 is 0 Å². The molecule has 90 valence electrons. The van der Waals surface area contributed by atoms with E-state index in [1.165, 1.54) is 5.69 Å². The maximum Gasteiger partial charge on any atom is 0.0798 e. The molecular weight excluding hydrogens is 202 g/mol. The zero-order chi connectivity index (χ0) is 11.6. The SMILES string of the molecule is Cc1ccnn1CCC1CCCC1(O)CN. The van der Waals surface area contributed by atoms with Crippen LogP contribution in [0.1, 0.15) is 31.4 Å². The van der Waals surface area contributed by atoms with Gasteiger partial charge in [0, 0.05) is 25.0 Å². The summed E-state index contributed by atoms with van der Waals surface area (Å²) in [5.41, 5.74) is 6.22. The number of nitrogens with zero attached hydrogens (tertiary/aromatic N) is 2. The number of nitrogens with two attached hydrogens (primary N) is 1. The second-order valence-corrected chi connectivity index (χ2v) is 4.88.